The lowest BCUT2D eigenvalue weighted by Gasteiger charge is -2.20. The van der Waals surface area contributed by atoms with Crippen molar-refractivity contribution in [3.63, 3.8) is 0 Å². The highest BCUT2D eigenvalue weighted by molar-refractivity contribution is 5.86. The number of ether oxygens (including phenoxy) is 2. The minimum atomic E-state index is -0.659. The topological polar surface area (TPSA) is 87.1 Å². The number of nitrogens with one attached hydrogen (secondary N) is 1. The van der Waals surface area contributed by atoms with Crippen molar-refractivity contribution >= 4 is 16.6 Å². The number of aromatic nitrogens is 1. The Labute approximate surface area is 191 Å². The Hall–Kier alpha value is -2.94. The van der Waals surface area contributed by atoms with Gasteiger partial charge in [0, 0.05) is 61.5 Å². The first kappa shape index (κ1) is 21.9. The molecule has 1 aliphatic carbocycles. The average molecular weight is 454 g/mol. The lowest BCUT2D eigenvalue weighted by atomic mass is 10.0. The SMILES string of the molecule is CNc1ccc(Oc2ccnc3cc(OCC(O)CN4CC(O)C5(CC5)C4)ccc23)c(F)c1. The highest BCUT2D eigenvalue weighted by Crippen LogP contribution is 2.52. The molecule has 3 aromatic rings. The van der Waals surface area contributed by atoms with Gasteiger partial charge in [-0.3, -0.25) is 9.88 Å². The van der Waals surface area contributed by atoms with Crippen LogP contribution in [0.2, 0.25) is 0 Å². The minimum absolute atomic E-state index is 0.0716. The molecule has 0 bridgehead atoms. The number of halogens is 1. The number of aliphatic hydroxyl groups excluding tert-OH is 2. The summed E-state index contributed by atoms with van der Waals surface area (Å²) in [5, 5.41) is 24.2. The van der Waals surface area contributed by atoms with Crippen LogP contribution >= 0.6 is 0 Å². The normalized spacial score (nSPS) is 20.2. The molecule has 2 fully saturated rings. The first-order valence-corrected chi connectivity index (χ1v) is 11.2. The number of pyridine rings is 1. The van der Waals surface area contributed by atoms with E-state index in [1.807, 2.05) is 6.07 Å². The summed E-state index contributed by atoms with van der Waals surface area (Å²) < 4.78 is 25.9. The van der Waals surface area contributed by atoms with Gasteiger partial charge in [0.25, 0.3) is 0 Å². The fraction of sp³-hybridized carbons (Fsp3) is 0.400. The number of aliphatic hydroxyl groups is 2. The maximum Gasteiger partial charge on any atom is 0.167 e. The van der Waals surface area contributed by atoms with Gasteiger partial charge in [0.05, 0.1) is 11.6 Å². The maximum absolute atomic E-state index is 14.3. The van der Waals surface area contributed by atoms with E-state index in [-0.39, 0.29) is 23.9 Å². The standard InChI is InChI=1S/C25H28FN3O4/c1-27-16-2-5-23(20(26)10-16)33-22-6-9-28-21-11-18(3-4-19(21)22)32-14-17(30)12-29-13-24(31)25(15-29)7-8-25/h2-6,9-11,17,24,27,30-31H,7-8,12-15H2,1H3. The fourth-order valence-corrected chi connectivity index (χ4v) is 4.53. The molecule has 1 aromatic heterocycles. The van der Waals surface area contributed by atoms with Gasteiger partial charge >= 0.3 is 0 Å². The van der Waals surface area contributed by atoms with Gasteiger partial charge in [-0.1, -0.05) is 0 Å². The molecule has 7 nitrogen and oxygen atoms in total. The van der Waals surface area contributed by atoms with Crippen molar-refractivity contribution in [1.29, 1.82) is 0 Å². The molecule has 0 radical (unpaired) electrons. The molecule has 2 heterocycles. The van der Waals surface area contributed by atoms with E-state index < -0.39 is 11.9 Å². The van der Waals surface area contributed by atoms with Crippen molar-refractivity contribution in [3.05, 3.63) is 54.5 Å². The summed E-state index contributed by atoms with van der Waals surface area (Å²) in [6, 6.07) is 11.8. The van der Waals surface area contributed by atoms with Gasteiger partial charge in [-0.25, -0.2) is 4.39 Å². The molecule has 174 valence electrons. The van der Waals surface area contributed by atoms with Gasteiger partial charge in [0.15, 0.2) is 11.6 Å². The molecular formula is C25H28FN3O4. The molecule has 2 aromatic carbocycles. The summed E-state index contributed by atoms with van der Waals surface area (Å²) in [4.78, 5) is 6.48. The van der Waals surface area contributed by atoms with E-state index in [9.17, 15) is 14.6 Å². The molecular weight excluding hydrogens is 425 g/mol. The zero-order chi connectivity index (χ0) is 23.0. The Balaban J connectivity index is 1.23. The highest BCUT2D eigenvalue weighted by Gasteiger charge is 2.54. The molecule has 0 amide bonds. The molecule has 2 atom stereocenters. The van der Waals surface area contributed by atoms with Gasteiger partial charge in [0.2, 0.25) is 0 Å². The minimum Gasteiger partial charge on any atom is -0.491 e. The van der Waals surface area contributed by atoms with Crippen LogP contribution in [-0.2, 0) is 0 Å². The van der Waals surface area contributed by atoms with Crippen molar-refractivity contribution in [3.8, 4) is 17.2 Å². The number of hydrogen-bond donors (Lipinski definition) is 3. The Kier molecular flexibility index (Phi) is 5.82. The monoisotopic (exact) mass is 453 g/mol. The predicted molar refractivity (Wildman–Crippen MR) is 123 cm³/mol. The lowest BCUT2D eigenvalue weighted by Crippen LogP contribution is -2.34. The van der Waals surface area contributed by atoms with Crippen LogP contribution in [0.5, 0.6) is 17.2 Å². The molecule has 1 aliphatic heterocycles. The zero-order valence-electron chi connectivity index (χ0n) is 18.5. The lowest BCUT2D eigenvalue weighted by molar-refractivity contribution is 0.0707. The number of nitrogens with zero attached hydrogens (tertiary/aromatic N) is 2. The second-order valence-corrected chi connectivity index (χ2v) is 9.02. The molecule has 33 heavy (non-hydrogen) atoms. The summed E-state index contributed by atoms with van der Waals surface area (Å²) in [7, 11) is 1.73. The predicted octanol–water partition coefficient (Wildman–Crippen LogP) is 3.40. The number of fused-ring (bicyclic) bond motifs is 1. The third-order valence-electron chi connectivity index (χ3n) is 6.59. The van der Waals surface area contributed by atoms with Crippen LogP contribution in [0.4, 0.5) is 10.1 Å². The Morgan fingerprint density at radius 1 is 1.21 bits per heavy atom. The van der Waals surface area contributed by atoms with Gasteiger partial charge < -0.3 is 25.0 Å². The van der Waals surface area contributed by atoms with E-state index >= 15 is 0 Å². The van der Waals surface area contributed by atoms with Crippen LogP contribution in [-0.4, -0.2) is 65.6 Å². The summed E-state index contributed by atoms with van der Waals surface area (Å²) in [6.45, 7) is 2.06. The van der Waals surface area contributed by atoms with E-state index in [0.29, 0.717) is 35.8 Å². The summed E-state index contributed by atoms with van der Waals surface area (Å²) in [5.41, 5.74) is 1.38. The molecule has 3 N–H and O–H groups in total. The van der Waals surface area contributed by atoms with Crippen LogP contribution in [0.15, 0.2) is 48.7 Å². The number of benzene rings is 2. The first-order valence-electron chi connectivity index (χ1n) is 11.2. The summed E-state index contributed by atoms with van der Waals surface area (Å²) in [5.74, 6) is 0.740. The second-order valence-electron chi connectivity index (χ2n) is 9.02. The van der Waals surface area contributed by atoms with Gasteiger partial charge in [0.1, 0.15) is 24.2 Å². The molecule has 1 saturated carbocycles. The van der Waals surface area contributed by atoms with Crippen molar-refractivity contribution in [1.82, 2.24) is 9.88 Å². The number of anilines is 1. The molecule has 1 spiro atoms. The Morgan fingerprint density at radius 3 is 2.79 bits per heavy atom. The molecule has 5 rings (SSSR count). The van der Waals surface area contributed by atoms with E-state index in [0.717, 1.165) is 24.8 Å². The third-order valence-corrected chi connectivity index (χ3v) is 6.59. The maximum atomic E-state index is 14.3. The molecule has 1 saturated heterocycles. The van der Waals surface area contributed by atoms with Crippen LogP contribution in [0.3, 0.4) is 0 Å². The first-order chi connectivity index (χ1) is 16.0. The van der Waals surface area contributed by atoms with Crippen molar-refractivity contribution < 1.29 is 24.1 Å². The third kappa shape index (κ3) is 4.59. The average Bonchev–Trinajstić information content (AvgIpc) is 3.52. The number of likely N-dealkylation sites (tertiary alicyclic amines) is 1. The van der Waals surface area contributed by atoms with Gasteiger partial charge in [-0.15, -0.1) is 0 Å². The van der Waals surface area contributed by atoms with Crippen LogP contribution in [0.1, 0.15) is 12.8 Å². The summed E-state index contributed by atoms with van der Waals surface area (Å²) in [6.07, 6.45) is 2.79. The van der Waals surface area contributed by atoms with Crippen molar-refractivity contribution in [2.75, 3.05) is 38.6 Å². The van der Waals surface area contributed by atoms with E-state index in [2.05, 4.69) is 15.2 Å². The Morgan fingerprint density at radius 2 is 2.06 bits per heavy atom. The van der Waals surface area contributed by atoms with E-state index in [1.54, 1.807) is 43.6 Å². The van der Waals surface area contributed by atoms with Crippen LogP contribution in [0, 0.1) is 11.2 Å². The van der Waals surface area contributed by atoms with Gasteiger partial charge in [-0.2, -0.15) is 0 Å². The smallest absolute Gasteiger partial charge is 0.167 e. The fourth-order valence-electron chi connectivity index (χ4n) is 4.53. The van der Waals surface area contributed by atoms with Crippen molar-refractivity contribution in [2.24, 2.45) is 5.41 Å². The summed E-state index contributed by atoms with van der Waals surface area (Å²) >= 11 is 0. The number of hydrogen-bond acceptors (Lipinski definition) is 7. The van der Waals surface area contributed by atoms with E-state index in [1.165, 1.54) is 6.07 Å². The number of β-amino-alcohol motifs (C(OH)–C–C–N with tert-alkyl or cyclic N) is 2. The molecule has 2 unspecified atom stereocenters. The zero-order valence-corrected chi connectivity index (χ0v) is 18.5. The quantitative estimate of drug-likeness (QED) is 0.482. The molecule has 8 heteroatoms. The molecule has 2 aliphatic rings. The van der Waals surface area contributed by atoms with Crippen LogP contribution < -0.4 is 14.8 Å². The highest BCUT2D eigenvalue weighted by atomic mass is 19.1. The number of rotatable bonds is 8. The Bertz CT molecular complexity index is 1150. The largest absolute Gasteiger partial charge is 0.491 e. The van der Waals surface area contributed by atoms with E-state index in [4.69, 9.17) is 9.47 Å². The second kappa shape index (κ2) is 8.78. The van der Waals surface area contributed by atoms with Gasteiger partial charge in [-0.05, 0) is 43.2 Å². The van der Waals surface area contributed by atoms with Crippen LogP contribution in [0.25, 0.3) is 10.9 Å². The van der Waals surface area contributed by atoms with Crippen molar-refractivity contribution in [2.45, 2.75) is 25.0 Å².